The van der Waals surface area contributed by atoms with Crippen molar-refractivity contribution in [1.82, 2.24) is 30.1 Å². The number of aromatic nitrogens is 6. The van der Waals surface area contributed by atoms with Crippen LogP contribution in [-0.4, -0.2) is 62.8 Å². The van der Waals surface area contributed by atoms with E-state index in [0.29, 0.717) is 42.0 Å². The van der Waals surface area contributed by atoms with E-state index in [1.54, 1.807) is 19.5 Å². The summed E-state index contributed by atoms with van der Waals surface area (Å²) in [5.41, 5.74) is 3.22. The Morgan fingerprint density at radius 1 is 1.26 bits per heavy atom. The molecule has 0 saturated heterocycles. The molecular formula is C17H20N8O2. The van der Waals surface area contributed by atoms with Crippen molar-refractivity contribution in [3.05, 3.63) is 30.4 Å². The highest BCUT2D eigenvalue weighted by atomic mass is 16.5. The highest BCUT2D eigenvalue weighted by Crippen LogP contribution is 2.30. The summed E-state index contributed by atoms with van der Waals surface area (Å²) >= 11 is 0. The Kier molecular flexibility index (Phi) is 4.47. The first kappa shape index (κ1) is 17.0. The van der Waals surface area contributed by atoms with Crippen LogP contribution in [0.15, 0.2) is 24.8 Å². The zero-order valence-corrected chi connectivity index (χ0v) is 14.9. The van der Waals surface area contributed by atoms with Gasteiger partial charge in [0.1, 0.15) is 12.0 Å². The van der Waals surface area contributed by atoms with Gasteiger partial charge in [-0.25, -0.2) is 15.0 Å². The number of aromatic amines is 1. The van der Waals surface area contributed by atoms with Gasteiger partial charge in [0.2, 0.25) is 5.91 Å². The maximum absolute atomic E-state index is 11.9. The molecule has 3 aromatic rings. The molecule has 3 aromatic heterocycles. The van der Waals surface area contributed by atoms with Gasteiger partial charge in [-0.2, -0.15) is 5.10 Å². The summed E-state index contributed by atoms with van der Waals surface area (Å²) < 4.78 is 5.13. The van der Waals surface area contributed by atoms with Gasteiger partial charge >= 0.3 is 0 Å². The lowest BCUT2D eigenvalue weighted by Gasteiger charge is -2.29. The quantitative estimate of drug-likeness (QED) is 0.691. The maximum Gasteiger partial charge on any atom is 0.245 e. The number of nitrogens with zero attached hydrogens (tertiary/aromatic N) is 6. The molecule has 0 bridgehead atoms. The molecule has 10 nitrogen and oxygen atoms in total. The third-order valence-corrected chi connectivity index (χ3v) is 4.26. The Morgan fingerprint density at radius 2 is 2.15 bits per heavy atom. The minimum absolute atomic E-state index is 0. The normalized spacial score (nSPS) is 13.4. The number of carbonyl (C=O) groups is 1. The summed E-state index contributed by atoms with van der Waals surface area (Å²) in [6.07, 6.45) is 4.82. The number of anilines is 2. The molecule has 4 heterocycles. The van der Waals surface area contributed by atoms with E-state index in [2.05, 4.69) is 30.5 Å². The van der Waals surface area contributed by atoms with Crippen LogP contribution >= 0.6 is 0 Å². The number of ether oxygens (including phenoxy) is 1. The number of hydrogen-bond acceptors (Lipinski definition) is 8. The van der Waals surface area contributed by atoms with Crippen LogP contribution in [0.25, 0.3) is 22.8 Å². The maximum atomic E-state index is 11.9. The first-order chi connectivity index (χ1) is 13.2. The molecule has 0 spiro atoms. The molecule has 0 radical (unpaired) electrons. The summed E-state index contributed by atoms with van der Waals surface area (Å²) in [6, 6.07) is 1.92. The van der Waals surface area contributed by atoms with Crippen LogP contribution in [0, 0.1) is 6.92 Å². The number of amides is 1. The molecule has 1 aliphatic rings. The van der Waals surface area contributed by atoms with Crippen molar-refractivity contribution in [3.63, 3.8) is 0 Å². The van der Waals surface area contributed by atoms with Gasteiger partial charge in [-0.05, 0) is 18.6 Å². The molecule has 4 rings (SSSR count). The standard InChI is InChI=1S/C17H18N8O2.H2/c1-10-5-12(15-20-9-21-24-15)18-6-11(10)13-7-19-16-17(22-13)25(3-4-27-2)8-14(26)23-16;/h5-7,9H,3-4,8H2,1-2H3,(H,19,23,26)(H,20,21,24);1H. The third-order valence-electron chi connectivity index (χ3n) is 4.26. The second-order valence-electron chi connectivity index (χ2n) is 6.11. The van der Waals surface area contributed by atoms with E-state index in [4.69, 9.17) is 9.72 Å². The van der Waals surface area contributed by atoms with E-state index < -0.39 is 0 Å². The number of carbonyl (C=O) groups excluding carboxylic acids is 1. The molecule has 10 heteroatoms. The minimum atomic E-state index is -0.116. The first-order valence-corrected chi connectivity index (χ1v) is 8.39. The largest absolute Gasteiger partial charge is 0.383 e. The van der Waals surface area contributed by atoms with Gasteiger partial charge in [0.25, 0.3) is 0 Å². The van der Waals surface area contributed by atoms with Crippen molar-refractivity contribution in [2.75, 3.05) is 37.0 Å². The van der Waals surface area contributed by atoms with Gasteiger partial charge in [0.05, 0.1) is 25.0 Å². The van der Waals surface area contributed by atoms with E-state index in [-0.39, 0.29) is 13.9 Å². The van der Waals surface area contributed by atoms with Crippen molar-refractivity contribution in [3.8, 4) is 22.8 Å². The van der Waals surface area contributed by atoms with Crippen LogP contribution in [0.4, 0.5) is 11.6 Å². The molecule has 0 atom stereocenters. The van der Waals surface area contributed by atoms with Crippen molar-refractivity contribution in [2.45, 2.75) is 6.92 Å². The number of pyridine rings is 1. The number of aryl methyl sites for hydroxylation is 1. The Balaban J connectivity index is 0.00000225. The molecule has 0 aliphatic carbocycles. The lowest BCUT2D eigenvalue weighted by molar-refractivity contribution is -0.115. The van der Waals surface area contributed by atoms with E-state index in [1.807, 2.05) is 17.9 Å². The highest BCUT2D eigenvalue weighted by Gasteiger charge is 2.25. The Labute approximate surface area is 156 Å². The van der Waals surface area contributed by atoms with Crippen LogP contribution < -0.4 is 10.2 Å². The molecule has 27 heavy (non-hydrogen) atoms. The van der Waals surface area contributed by atoms with Crippen LogP contribution in [0.1, 0.15) is 6.99 Å². The number of H-pyrrole nitrogens is 1. The topological polar surface area (TPSA) is 122 Å². The minimum Gasteiger partial charge on any atom is -0.383 e. The summed E-state index contributed by atoms with van der Waals surface area (Å²) in [5.74, 6) is 1.57. The van der Waals surface area contributed by atoms with Gasteiger partial charge in [0, 0.05) is 26.8 Å². The molecular weight excluding hydrogens is 348 g/mol. The SMILES string of the molecule is COCCN1CC(=O)Nc2ncc(-c3cnc(-c4ncn[nH]4)cc3C)nc21.[HH]. The van der Waals surface area contributed by atoms with Crippen LogP contribution in [0.5, 0.6) is 0 Å². The Morgan fingerprint density at radius 3 is 2.89 bits per heavy atom. The van der Waals surface area contributed by atoms with E-state index >= 15 is 0 Å². The van der Waals surface area contributed by atoms with E-state index in [9.17, 15) is 4.79 Å². The third kappa shape index (κ3) is 3.34. The second kappa shape index (κ2) is 7.08. The lowest BCUT2D eigenvalue weighted by Crippen LogP contribution is -2.41. The van der Waals surface area contributed by atoms with Crippen molar-refractivity contribution in [2.24, 2.45) is 0 Å². The highest BCUT2D eigenvalue weighted by molar-refractivity contribution is 5.99. The predicted octanol–water partition coefficient (Wildman–Crippen LogP) is 1.28. The fraction of sp³-hybridized carbons (Fsp3) is 0.294. The van der Waals surface area contributed by atoms with E-state index in [1.165, 1.54) is 6.33 Å². The van der Waals surface area contributed by atoms with Crippen molar-refractivity contribution in [1.29, 1.82) is 0 Å². The molecule has 1 aliphatic heterocycles. The number of methoxy groups -OCH3 is 1. The molecule has 0 unspecified atom stereocenters. The number of rotatable bonds is 5. The van der Waals surface area contributed by atoms with Gasteiger partial charge in [-0.15, -0.1) is 0 Å². The van der Waals surface area contributed by atoms with Crippen LogP contribution in [-0.2, 0) is 9.53 Å². The molecule has 1 amide bonds. The van der Waals surface area contributed by atoms with Gasteiger partial charge in [-0.1, -0.05) is 0 Å². The molecule has 0 aromatic carbocycles. The summed E-state index contributed by atoms with van der Waals surface area (Å²) in [4.78, 5) is 31.4. The fourth-order valence-corrected chi connectivity index (χ4v) is 2.91. The van der Waals surface area contributed by atoms with Gasteiger partial charge in [0.15, 0.2) is 17.5 Å². The zero-order chi connectivity index (χ0) is 18.8. The van der Waals surface area contributed by atoms with Crippen LogP contribution in [0.2, 0.25) is 0 Å². The van der Waals surface area contributed by atoms with Gasteiger partial charge in [-0.3, -0.25) is 14.9 Å². The lowest BCUT2D eigenvalue weighted by atomic mass is 10.1. The van der Waals surface area contributed by atoms with Crippen molar-refractivity contribution >= 4 is 17.5 Å². The number of nitrogens with one attached hydrogen (secondary N) is 2. The molecule has 0 saturated carbocycles. The molecule has 2 N–H and O–H groups in total. The second-order valence-corrected chi connectivity index (χ2v) is 6.11. The zero-order valence-electron chi connectivity index (χ0n) is 14.9. The Bertz CT molecular complexity index is 979. The summed E-state index contributed by atoms with van der Waals surface area (Å²) in [6.45, 7) is 3.24. The van der Waals surface area contributed by atoms with Crippen LogP contribution in [0.3, 0.4) is 0 Å². The Hall–Kier alpha value is -3.40. The van der Waals surface area contributed by atoms with Crippen molar-refractivity contribution < 1.29 is 11.0 Å². The number of fused-ring (bicyclic) bond motifs is 1. The average Bonchev–Trinajstić information content (AvgIpc) is 3.20. The fourth-order valence-electron chi connectivity index (χ4n) is 2.91. The molecule has 0 fully saturated rings. The monoisotopic (exact) mass is 368 g/mol. The summed E-state index contributed by atoms with van der Waals surface area (Å²) in [7, 11) is 1.62. The van der Waals surface area contributed by atoms with Gasteiger partial charge < -0.3 is 15.0 Å². The smallest absolute Gasteiger partial charge is 0.245 e. The average molecular weight is 368 g/mol. The first-order valence-electron chi connectivity index (χ1n) is 8.39. The predicted molar refractivity (Wildman–Crippen MR) is 100 cm³/mol. The molecule has 140 valence electrons. The summed E-state index contributed by atoms with van der Waals surface area (Å²) in [5, 5.41) is 9.40. The van der Waals surface area contributed by atoms with E-state index in [0.717, 1.165) is 11.1 Å². The number of hydrogen-bond donors (Lipinski definition) is 2.